The second-order valence-electron chi connectivity index (χ2n) is 6.61. The molecule has 1 aliphatic rings. The summed E-state index contributed by atoms with van der Waals surface area (Å²) in [5.41, 5.74) is 7.35. The monoisotopic (exact) mass is 391 g/mol. The first kappa shape index (κ1) is 21.3. The fourth-order valence-corrected chi connectivity index (χ4v) is 3.90. The van der Waals surface area contributed by atoms with Gasteiger partial charge in [-0.2, -0.15) is 0 Å². The Balaban J connectivity index is 2.87. The highest BCUT2D eigenvalue weighted by Gasteiger charge is 2.31. The molecule has 0 saturated heterocycles. The molecule has 146 valence electrons. The number of hydrogen-bond acceptors (Lipinski definition) is 5. The SMILES string of the molecule is C=C(F)C(=C\c1c(C)c(=O)c(C(C)=O)c(SN)n1C1CC1)/C(=C/C)CCN. The molecule has 27 heavy (non-hydrogen) atoms. The van der Waals surface area contributed by atoms with Gasteiger partial charge in [0.25, 0.3) is 0 Å². The Morgan fingerprint density at radius 3 is 2.48 bits per heavy atom. The van der Waals surface area contributed by atoms with Crippen LogP contribution >= 0.6 is 11.9 Å². The number of pyridine rings is 1. The Labute approximate surface area is 163 Å². The number of allylic oxidation sites excluding steroid dienone is 3. The van der Waals surface area contributed by atoms with Crippen molar-refractivity contribution in [3.63, 3.8) is 0 Å². The molecule has 0 aromatic carbocycles. The van der Waals surface area contributed by atoms with Crippen LogP contribution in [0.4, 0.5) is 4.39 Å². The zero-order valence-corrected chi connectivity index (χ0v) is 16.8. The first-order chi connectivity index (χ1) is 12.8. The molecule has 1 heterocycles. The minimum atomic E-state index is -0.594. The molecule has 2 rings (SSSR count). The van der Waals surface area contributed by atoms with E-state index in [0.29, 0.717) is 34.8 Å². The molecule has 1 aromatic rings. The largest absolute Gasteiger partial charge is 0.331 e. The number of ketones is 1. The lowest BCUT2D eigenvalue weighted by atomic mass is 9.98. The van der Waals surface area contributed by atoms with E-state index in [1.807, 2.05) is 11.5 Å². The molecule has 1 aromatic heterocycles. The van der Waals surface area contributed by atoms with Crippen LogP contribution < -0.4 is 16.3 Å². The molecule has 4 N–H and O–H groups in total. The summed E-state index contributed by atoms with van der Waals surface area (Å²) in [4.78, 5) is 24.9. The van der Waals surface area contributed by atoms with E-state index in [9.17, 15) is 14.0 Å². The lowest BCUT2D eigenvalue weighted by Crippen LogP contribution is -2.25. The van der Waals surface area contributed by atoms with Crippen molar-refractivity contribution in [1.82, 2.24) is 4.57 Å². The number of nitrogens with zero attached hydrogens (tertiary/aromatic N) is 1. The molecular formula is C20H26FN3O2S. The molecule has 1 aliphatic carbocycles. The van der Waals surface area contributed by atoms with Gasteiger partial charge < -0.3 is 10.3 Å². The maximum Gasteiger partial charge on any atom is 0.197 e. The van der Waals surface area contributed by atoms with E-state index in [-0.39, 0.29) is 22.8 Å². The van der Waals surface area contributed by atoms with Crippen LogP contribution in [0.2, 0.25) is 0 Å². The minimum absolute atomic E-state index is 0.0953. The lowest BCUT2D eigenvalue weighted by molar-refractivity contribution is 0.101. The summed E-state index contributed by atoms with van der Waals surface area (Å²) in [5, 5.41) is 6.26. The van der Waals surface area contributed by atoms with E-state index in [1.165, 1.54) is 6.92 Å². The Morgan fingerprint density at radius 1 is 1.44 bits per heavy atom. The normalized spacial score (nSPS) is 15.2. The summed E-state index contributed by atoms with van der Waals surface area (Å²) < 4.78 is 16.2. The Morgan fingerprint density at radius 2 is 2.07 bits per heavy atom. The van der Waals surface area contributed by atoms with Gasteiger partial charge in [0.2, 0.25) is 0 Å². The van der Waals surface area contributed by atoms with Gasteiger partial charge >= 0.3 is 0 Å². The van der Waals surface area contributed by atoms with Crippen molar-refractivity contribution in [1.29, 1.82) is 0 Å². The maximum atomic E-state index is 14.3. The van der Waals surface area contributed by atoms with Crippen LogP contribution in [0.25, 0.3) is 6.08 Å². The molecule has 1 fully saturated rings. The van der Waals surface area contributed by atoms with Crippen LogP contribution in [-0.4, -0.2) is 16.9 Å². The second-order valence-corrected chi connectivity index (χ2v) is 7.23. The van der Waals surface area contributed by atoms with Crippen molar-refractivity contribution < 1.29 is 9.18 Å². The van der Waals surface area contributed by atoms with Crippen LogP contribution in [0.3, 0.4) is 0 Å². The van der Waals surface area contributed by atoms with Gasteiger partial charge in [0.05, 0.1) is 5.56 Å². The standard InChI is InChI=1S/C20H26FN3O2S/c1-5-14(8-9-22)16(12(3)21)10-17-11(2)19(26)18(13(4)25)20(27-23)24(17)15-6-7-15/h5,10,15H,3,6-9,22-23H2,1-2,4H3/b14-5+,16-10+. The van der Waals surface area contributed by atoms with E-state index >= 15 is 0 Å². The first-order valence-electron chi connectivity index (χ1n) is 8.87. The number of aromatic nitrogens is 1. The Kier molecular flexibility index (Phi) is 6.97. The number of halogens is 1. The fourth-order valence-electron chi connectivity index (χ4n) is 3.18. The molecule has 0 spiro atoms. The summed E-state index contributed by atoms with van der Waals surface area (Å²) in [6.07, 6.45) is 5.74. The highest BCUT2D eigenvalue weighted by atomic mass is 32.2. The van der Waals surface area contributed by atoms with E-state index in [2.05, 4.69) is 6.58 Å². The van der Waals surface area contributed by atoms with E-state index in [1.54, 1.807) is 19.1 Å². The summed E-state index contributed by atoms with van der Waals surface area (Å²) in [7, 11) is 0. The predicted octanol–water partition coefficient (Wildman–Crippen LogP) is 3.82. The van der Waals surface area contributed by atoms with Crippen molar-refractivity contribution in [2.45, 2.75) is 51.1 Å². The number of rotatable bonds is 8. The molecule has 7 heteroatoms. The summed E-state index contributed by atoms with van der Waals surface area (Å²) in [5.74, 6) is -0.920. The molecule has 0 atom stereocenters. The molecule has 0 aliphatic heterocycles. The number of nitrogens with two attached hydrogens (primary N) is 2. The molecule has 0 bridgehead atoms. The highest BCUT2D eigenvalue weighted by Crippen LogP contribution is 2.41. The zero-order valence-electron chi connectivity index (χ0n) is 16.0. The van der Waals surface area contributed by atoms with Crippen molar-refractivity contribution >= 4 is 23.8 Å². The van der Waals surface area contributed by atoms with E-state index in [0.717, 1.165) is 30.4 Å². The number of carbonyl (C=O) groups excluding carboxylic acids is 1. The lowest BCUT2D eigenvalue weighted by Gasteiger charge is -2.21. The summed E-state index contributed by atoms with van der Waals surface area (Å²) in [6, 6.07) is 0.136. The fraction of sp³-hybridized carbons (Fsp3) is 0.400. The summed E-state index contributed by atoms with van der Waals surface area (Å²) in [6.45, 7) is 8.63. The first-order valence-corrected chi connectivity index (χ1v) is 9.75. The number of hydrogen-bond donors (Lipinski definition) is 2. The second kappa shape index (κ2) is 8.82. The van der Waals surface area contributed by atoms with Gasteiger partial charge in [0, 0.05) is 22.9 Å². The minimum Gasteiger partial charge on any atom is -0.331 e. The summed E-state index contributed by atoms with van der Waals surface area (Å²) >= 11 is 0.878. The molecule has 1 saturated carbocycles. The highest BCUT2D eigenvalue weighted by molar-refractivity contribution is 7.97. The van der Waals surface area contributed by atoms with Crippen LogP contribution in [0, 0.1) is 6.92 Å². The van der Waals surface area contributed by atoms with E-state index < -0.39 is 5.83 Å². The maximum absolute atomic E-state index is 14.3. The Hall–Kier alpha value is -1.96. The average Bonchev–Trinajstić information content (AvgIpc) is 3.44. The molecular weight excluding hydrogens is 365 g/mol. The van der Waals surface area contributed by atoms with Crippen molar-refractivity contribution in [2.75, 3.05) is 6.54 Å². The molecule has 5 nitrogen and oxygen atoms in total. The predicted molar refractivity (Wildman–Crippen MR) is 109 cm³/mol. The third-order valence-corrected chi connectivity index (χ3v) is 5.33. The van der Waals surface area contributed by atoms with Crippen molar-refractivity contribution in [3.8, 4) is 0 Å². The quantitative estimate of drug-likeness (QED) is 0.399. The van der Waals surface area contributed by atoms with Crippen LogP contribution in [-0.2, 0) is 0 Å². The van der Waals surface area contributed by atoms with Crippen molar-refractivity contribution in [2.24, 2.45) is 10.9 Å². The van der Waals surface area contributed by atoms with Crippen LogP contribution in [0.15, 0.2) is 39.4 Å². The third kappa shape index (κ3) is 4.31. The number of carbonyl (C=O) groups is 1. The van der Waals surface area contributed by atoms with Gasteiger partial charge in [0.1, 0.15) is 10.9 Å². The van der Waals surface area contributed by atoms with E-state index in [4.69, 9.17) is 10.9 Å². The smallest absolute Gasteiger partial charge is 0.197 e. The van der Waals surface area contributed by atoms with Gasteiger partial charge in [-0.1, -0.05) is 12.7 Å². The van der Waals surface area contributed by atoms with Crippen LogP contribution in [0.5, 0.6) is 0 Å². The molecule has 0 radical (unpaired) electrons. The van der Waals surface area contributed by atoms with Gasteiger partial charge in [-0.25, -0.2) is 4.39 Å². The van der Waals surface area contributed by atoms with Gasteiger partial charge in [-0.3, -0.25) is 14.7 Å². The molecule has 0 unspecified atom stereocenters. The van der Waals surface area contributed by atoms with Gasteiger partial charge in [-0.05, 0) is 70.2 Å². The number of Topliss-reactive ketones (excluding diaryl/α,β-unsaturated/α-hetero) is 1. The van der Waals surface area contributed by atoms with Crippen LogP contribution in [0.1, 0.15) is 60.8 Å². The average molecular weight is 392 g/mol. The zero-order chi connectivity index (χ0) is 20.3. The molecule has 0 amide bonds. The topological polar surface area (TPSA) is 91.1 Å². The Bertz CT molecular complexity index is 895. The van der Waals surface area contributed by atoms with Gasteiger partial charge in [0.15, 0.2) is 11.2 Å². The van der Waals surface area contributed by atoms with Crippen molar-refractivity contribution in [3.05, 3.63) is 56.7 Å². The van der Waals surface area contributed by atoms with Gasteiger partial charge in [-0.15, -0.1) is 0 Å². The third-order valence-electron chi connectivity index (χ3n) is 4.70.